The zero-order valence-electron chi connectivity index (χ0n) is 14.9. The second-order valence-electron chi connectivity index (χ2n) is 6.11. The maximum atomic E-state index is 13.3. The zero-order chi connectivity index (χ0) is 19.3. The monoisotopic (exact) mass is 380 g/mol. The number of hydrogen-bond acceptors (Lipinski definition) is 4. The molecular weight excluding hydrogens is 360 g/mol. The molecule has 1 atom stereocenters. The van der Waals surface area contributed by atoms with Gasteiger partial charge in [0.2, 0.25) is 0 Å². The van der Waals surface area contributed by atoms with E-state index >= 15 is 0 Å². The average Bonchev–Trinajstić information content (AvgIpc) is 2.73. The fourth-order valence-electron chi connectivity index (χ4n) is 2.91. The van der Waals surface area contributed by atoms with Crippen LogP contribution in [0.4, 0.5) is 0 Å². The second-order valence-corrected chi connectivity index (χ2v) is 8.24. The van der Waals surface area contributed by atoms with Crippen LogP contribution in [0.3, 0.4) is 0 Å². The number of hydrogen-bond donors (Lipinski definition) is 0. The third-order valence-corrected chi connectivity index (χ3v) is 6.52. The first-order valence-electron chi connectivity index (χ1n) is 8.53. The number of carbonyl (C=O) groups excluding carboxylic acids is 1. The third kappa shape index (κ3) is 4.26. The highest BCUT2D eigenvalue weighted by molar-refractivity contribution is 7.91. The van der Waals surface area contributed by atoms with Crippen LogP contribution in [0.15, 0.2) is 89.8 Å². The number of rotatable bonds is 7. The quantitative estimate of drug-likeness (QED) is 0.567. The molecule has 0 N–H and O–H groups in total. The summed E-state index contributed by atoms with van der Waals surface area (Å²) in [4.78, 5) is 12.9. The minimum Gasteiger partial charge on any atom is -0.497 e. The molecule has 0 bridgehead atoms. The van der Waals surface area contributed by atoms with Gasteiger partial charge in [0.15, 0.2) is 15.6 Å². The molecule has 0 unspecified atom stereocenters. The first kappa shape index (κ1) is 18.9. The Balaban J connectivity index is 2.02. The zero-order valence-corrected chi connectivity index (χ0v) is 15.7. The van der Waals surface area contributed by atoms with Crippen LogP contribution in [-0.4, -0.2) is 21.3 Å². The van der Waals surface area contributed by atoms with Crippen molar-refractivity contribution >= 4 is 15.6 Å². The van der Waals surface area contributed by atoms with Gasteiger partial charge in [0.1, 0.15) is 5.75 Å². The SMILES string of the molecule is COc1ccc([C@@H](CC(=O)c2ccccc2)S(=O)(=O)c2ccccc2)cc1. The second kappa shape index (κ2) is 8.18. The van der Waals surface area contributed by atoms with Crippen molar-refractivity contribution in [3.63, 3.8) is 0 Å². The van der Waals surface area contributed by atoms with E-state index in [0.29, 0.717) is 16.9 Å². The normalized spacial score (nSPS) is 12.3. The number of sulfone groups is 1. The Labute approximate surface area is 159 Å². The molecule has 0 radical (unpaired) electrons. The Kier molecular flexibility index (Phi) is 5.72. The first-order valence-corrected chi connectivity index (χ1v) is 10.1. The minimum absolute atomic E-state index is 0.131. The van der Waals surface area contributed by atoms with Crippen molar-refractivity contribution in [2.75, 3.05) is 7.11 Å². The van der Waals surface area contributed by atoms with E-state index in [1.54, 1.807) is 86.0 Å². The number of methoxy groups -OCH3 is 1. The lowest BCUT2D eigenvalue weighted by Gasteiger charge is -2.18. The lowest BCUT2D eigenvalue weighted by atomic mass is 10.0. The van der Waals surface area contributed by atoms with Gasteiger partial charge in [-0.25, -0.2) is 8.42 Å². The molecule has 0 aliphatic carbocycles. The number of Topliss-reactive ketones (excluding diaryl/α,β-unsaturated/α-hetero) is 1. The smallest absolute Gasteiger partial charge is 0.185 e. The molecule has 0 aliphatic heterocycles. The van der Waals surface area contributed by atoms with E-state index in [9.17, 15) is 13.2 Å². The molecule has 3 rings (SSSR count). The van der Waals surface area contributed by atoms with Gasteiger partial charge in [-0.2, -0.15) is 0 Å². The molecule has 0 fully saturated rings. The van der Waals surface area contributed by atoms with Gasteiger partial charge in [0.05, 0.1) is 17.3 Å². The number of ketones is 1. The summed E-state index contributed by atoms with van der Waals surface area (Å²) in [6.45, 7) is 0. The molecule has 0 amide bonds. The Morgan fingerprint density at radius 1 is 0.852 bits per heavy atom. The standard InChI is InChI=1S/C22H20O4S/c1-26-19-14-12-18(13-15-19)22(16-21(23)17-8-4-2-5-9-17)27(24,25)20-10-6-3-7-11-20/h2-15,22H,16H2,1H3/t22-/m1/s1. The molecule has 0 saturated carbocycles. The van der Waals surface area contributed by atoms with Crippen LogP contribution in [-0.2, 0) is 9.84 Å². The summed E-state index contributed by atoms with van der Waals surface area (Å²) in [6, 6.07) is 23.8. The highest BCUT2D eigenvalue weighted by atomic mass is 32.2. The summed E-state index contributed by atoms with van der Waals surface area (Å²) in [6.07, 6.45) is -0.131. The fourth-order valence-corrected chi connectivity index (χ4v) is 4.66. The van der Waals surface area contributed by atoms with Crippen molar-refractivity contribution < 1.29 is 17.9 Å². The summed E-state index contributed by atoms with van der Waals surface area (Å²) >= 11 is 0. The van der Waals surface area contributed by atoms with Gasteiger partial charge in [-0.15, -0.1) is 0 Å². The topological polar surface area (TPSA) is 60.4 Å². The molecule has 0 aromatic heterocycles. The summed E-state index contributed by atoms with van der Waals surface area (Å²) in [5.74, 6) is 0.417. The molecule has 0 spiro atoms. The van der Waals surface area contributed by atoms with Gasteiger partial charge in [0.25, 0.3) is 0 Å². The highest BCUT2D eigenvalue weighted by Gasteiger charge is 2.31. The molecule has 3 aromatic rings. The van der Waals surface area contributed by atoms with Crippen molar-refractivity contribution in [1.82, 2.24) is 0 Å². The van der Waals surface area contributed by atoms with E-state index in [4.69, 9.17) is 4.74 Å². The Morgan fingerprint density at radius 2 is 1.41 bits per heavy atom. The summed E-state index contributed by atoms with van der Waals surface area (Å²) < 4.78 is 31.7. The Hall–Kier alpha value is -2.92. The molecule has 0 saturated heterocycles. The van der Waals surface area contributed by atoms with Crippen LogP contribution in [0, 0.1) is 0 Å². The van der Waals surface area contributed by atoms with E-state index in [0.717, 1.165) is 0 Å². The van der Waals surface area contributed by atoms with E-state index < -0.39 is 15.1 Å². The van der Waals surface area contributed by atoms with Crippen LogP contribution in [0.2, 0.25) is 0 Å². The predicted octanol–water partition coefficient (Wildman–Crippen LogP) is 4.48. The third-order valence-electron chi connectivity index (χ3n) is 4.40. The largest absolute Gasteiger partial charge is 0.497 e. The van der Waals surface area contributed by atoms with Crippen LogP contribution >= 0.6 is 0 Å². The minimum atomic E-state index is -3.74. The van der Waals surface area contributed by atoms with Crippen LogP contribution in [0.5, 0.6) is 5.75 Å². The van der Waals surface area contributed by atoms with E-state index in [2.05, 4.69) is 0 Å². The summed E-state index contributed by atoms with van der Waals surface area (Å²) in [5.41, 5.74) is 1.06. The van der Waals surface area contributed by atoms with Crippen molar-refractivity contribution in [2.24, 2.45) is 0 Å². The maximum absolute atomic E-state index is 13.3. The van der Waals surface area contributed by atoms with Gasteiger partial charge >= 0.3 is 0 Å². The Morgan fingerprint density at radius 3 is 1.96 bits per heavy atom. The number of benzene rings is 3. The van der Waals surface area contributed by atoms with Gasteiger partial charge in [-0.3, -0.25) is 4.79 Å². The van der Waals surface area contributed by atoms with Gasteiger partial charge in [0, 0.05) is 12.0 Å². The van der Waals surface area contributed by atoms with E-state index in [1.807, 2.05) is 6.07 Å². The number of ether oxygens (including phenoxy) is 1. The molecule has 3 aromatic carbocycles. The average molecular weight is 380 g/mol. The van der Waals surface area contributed by atoms with Crippen molar-refractivity contribution in [1.29, 1.82) is 0 Å². The first-order chi connectivity index (χ1) is 13.0. The van der Waals surface area contributed by atoms with Crippen LogP contribution in [0.25, 0.3) is 0 Å². The molecule has 0 aliphatic rings. The summed E-state index contributed by atoms with van der Waals surface area (Å²) in [7, 11) is -2.19. The van der Waals surface area contributed by atoms with E-state index in [-0.39, 0.29) is 17.1 Å². The van der Waals surface area contributed by atoms with Crippen molar-refractivity contribution in [2.45, 2.75) is 16.6 Å². The molecular formula is C22H20O4S. The van der Waals surface area contributed by atoms with Gasteiger partial charge in [-0.05, 0) is 29.8 Å². The molecule has 5 heteroatoms. The number of carbonyl (C=O) groups is 1. The predicted molar refractivity (Wildman–Crippen MR) is 105 cm³/mol. The Bertz CT molecular complexity index is 995. The van der Waals surface area contributed by atoms with E-state index in [1.165, 1.54) is 0 Å². The maximum Gasteiger partial charge on any atom is 0.185 e. The molecule has 138 valence electrons. The van der Waals surface area contributed by atoms with Gasteiger partial charge in [-0.1, -0.05) is 60.7 Å². The van der Waals surface area contributed by atoms with Crippen molar-refractivity contribution in [3.8, 4) is 5.75 Å². The lowest BCUT2D eigenvalue weighted by Crippen LogP contribution is -2.18. The van der Waals surface area contributed by atoms with Crippen molar-refractivity contribution in [3.05, 3.63) is 96.1 Å². The van der Waals surface area contributed by atoms with Crippen LogP contribution in [0.1, 0.15) is 27.6 Å². The van der Waals surface area contributed by atoms with Crippen LogP contribution < -0.4 is 4.74 Å². The molecule has 27 heavy (non-hydrogen) atoms. The molecule has 4 nitrogen and oxygen atoms in total. The summed E-state index contributed by atoms with van der Waals surface area (Å²) in [5, 5.41) is -0.974. The van der Waals surface area contributed by atoms with Gasteiger partial charge < -0.3 is 4.74 Å². The fraction of sp³-hybridized carbons (Fsp3) is 0.136. The molecule has 0 heterocycles. The highest BCUT2D eigenvalue weighted by Crippen LogP contribution is 2.33. The lowest BCUT2D eigenvalue weighted by molar-refractivity contribution is 0.0980.